The molecule has 2 amide bonds. The lowest BCUT2D eigenvalue weighted by atomic mass is 9.98. The molecule has 2 N–H and O–H groups in total. The van der Waals surface area contributed by atoms with Gasteiger partial charge < -0.3 is 15.4 Å². The van der Waals surface area contributed by atoms with Crippen LogP contribution in [-0.2, 0) is 9.53 Å². The predicted octanol–water partition coefficient (Wildman–Crippen LogP) is 5.11. The van der Waals surface area contributed by atoms with Gasteiger partial charge >= 0.3 is 6.09 Å². The predicted molar refractivity (Wildman–Crippen MR) is 130 cm³/mol. The first kappa shape index (κ1) is 22.7. The molecule has 3 aromatic rings. The molecule has 0 unspecified atom stereocenters. The number of carbonyl (C=O) groups is 2. The standard InChI is InChI=1S/C26H23N3O5/c1-17(30)28-24-13-12-18(15-25(24)29(32)33)7-6-14-27-26(31)34-16-23-21-10-4-2-8-19(21)20-9-3-5-11-22(20)23/h2-13,15,23H,14,16H2,1H3,(H,27,31)(H,28,30). The molecular formula is C26H23N3O5. The third kappa shape index (κ3) is 4.96. The lowest BCUT2D eigenvalue weighted by molar-refractivity contribution is -0.383. The molecular weight excluding hydrogens is 434 g/mol. The van der Waals surface area contributed by atoms with E-state index >= 15 is 0 Å². The van der Waals surface area contributed by atoms with Crippen LogP contribution in [-0.4, -0.2) is 30.1 Å². The van der Waals surface area contributed by atoms with Gasteiger partial charge in [0.05, 0.1) is 4.92 Å². The van der Waals surface area contributed by atoms with Crippen LogP contribution in [0.25, 0.3) is 17.2 Å². The maximum atomic E-state index is 12.2. The highest BCUT2D eigenvalue weighted by Gasteiger charge is 2.28. The van der Waals surface area contributed by atoms with Gasteiger partial charge in [-0.3, -0.25) is 14.9 Å². The summed E-state index contributed by atoms with van der Waals surface area (Å²) in [6.07, 6.45) is 2.77. The van der Waals surface area contributed by atoms with Crippen LogP contribution >= 0.6 is 0 Å². The van der Waals surface area contributed by atoms with Crippen LogP contribution in [0, 0.1) is 10.1 Å². The Kier molecular flexibility index (Phi) is 6.68. The van der Waals surface area contributed by atoms with Crippen molar-refractivity contribution in [2.24, 2.45) is 0 Å². The summed E-state index contributed by atoms with van der Waals surface area (Å²) < 4.78 is 5.48. The van der Waals surface area contributed by atoms with E-state index in [0.717, 1.165) is 22.3 Å². The van der Waals surface area contributed by atoms with Crippen LogP contribution in [0.15, 0.2) is 72.8 Å². The number of amides is 2. The maximum absolute atomic E-state index is 12.2. The molecule has 0 atom stereocenters. The van der Waals surface area contributed by atoms with E-state index in [1.165, 1.54) is 19.1 Å². The van der Waals surface area contributed by atoms with Crippen LogP contribution in [0.1, 0.15) is 29.5 Å². The van der Waals surface area contributed by atoms with E-state index in [1.807, 2.05) is 24.3 Å². The Bertz CT molecular complexity index is 1240. The topological polar surface area (TPSA) is 111 Å². The van der Waals surface area contributed by atoms with Gasteiger partial charge in [0, 0.05) is 25.5 Å². The number of hydrogen-bond acceptors (Lipinski definition) is 5. The lowest BCUT2D eigenvalue weighted by Crippen LogP contribution is -2.26. The Labute approximate surface area is 196 Å². The van der Waals surface area contributed by atoms with Gasteiger partial charge in [0.25, 0.3) is 5.69 Å². The van der Waals surface area contributed by atoms with Gasteiger partial charge in [-0.1, -0.05) is 66.7 Å². The molecule has 1 aliphatic carbocycles. The van der Waals surface area contributed by atoms with Crippen LogP contribution in [0.5, 0.6) is 0 Å². The van der Waals surface area contributed by atoms with Gasteiger partial charge in [-0.2, -0.15) is 0 Å². The highest BCUT2D eigenvalue weighted by atomic mass is 16.6. The maximum Gasteiger partial charge on any atom is 0.407 e. The van der Waals surface area contributed by atoms with Gasteiger partial charge in [-0.15, -0.1) is 0 Å². The SMILES string of the molecule is CC(=O)Nc1ccc(C=CCNC(=O)OCC2c3ccccc3-c3ccccc32)cc1[N+](=O)[O-]. The van der Waals surface area contributed by atoms with E-state index in [0.29, 0.717) is 5.56 Å². The Hall–Kier alpha value is -4.46. The Morgan fingerprint density at radius 1 is 1.03 bits per heavy atom. The fourth-order valence-electron chi connectivity index (χ4n) is 4.09. The summed E-state index contributed by atoms with van der Waals surface area (Å²) in [5.74, 6) is -0.407. The third-order valence-electron chi connectivity index (χ3n) is 5.55. The van der Waals surface area contributed by atoms with Crippen molar-refractivity contribution in [3.8, 4) is 11.1 Å². The lowest BCUT2D eigenvalue weighted by Gasteiger charge is -2.14. The van der Waals surface area contributed by atoms with Gasteiger partial charge in [0.2, 0.25) is 5.91 Å². The van der Waals surface area contributed by atoms with Crippen LogP contribution < -0.4 is 10.6 Å². The summed E-state index contributed by atoms with van der Waals surface area (Å²) in [5.41, 5.74) is 5.09. The molecule has 1 aliphatic rings. The molecule has 8 heteroatoms. The molecule has 0 aliphatic heterocycles. The van der Waals surface area contributed by atoms with Crippen molar-refractivity contribution in [3.05, 3.63) is 99.6 Å². The van der Waals surface area contributed by atoms with Crippen molar-refractivity contribution in [1.82, 2.24) is 5.32 Å². The summed E-state index contributed by atoms with van der Waals surface area (Å²) in [7, 11) is 0. The van der Waals surface area contributed by atoms with Gasteiger partial charge in [-0.05, 0) is 33.9 Å². The molecule has 0 radical (unpaired) electrons. The largest absolute Gasteiger partial charge is 0.449 e. The molecule has 0 saturated heterocycles. The molecule has 172 valence electrons. The van der Waals surface area contributed by atoms with E-state index in [4.69, 9.17) is 4.74 Å². The van der Waals surface area contributed by atoms with Crippen LogP contribution in [0.2, 0.25) is 0 Å². The smallest absolute Gasteiger partial charge is 0.407 e. The molecule has 0 spiro atoms. The first-order valence-electron chi connectivity index (χ1n) is 10.8. The molecule has 3 aromatic carbocycles. The minimum Gasteiger partial charge on any atom is -0.449 e. The molecule has 4 rings (SSSR count). The zero-order chi connectivity index (χ0) is 24.1. The number of anilines is 1. The second-order valence-corrected chi connectivity index (χ2v) is 7.82. The fourth-order valence-corrected chi connectivity index (χ4v) is 4.09. The summed E-state index contributed by atoms with van der Waals surface area (Å²) in [6, 6.07) is 20.7. The first-order chi connectivity index (χ1) is 16.4. The number of nitro benzene ring substituents is 1. The number of benzene rings is 3. The second-order valence-electron chi connectivity index (χ2n) is 7.82. The highest BCUT2D eigenvalue weighted by Crippen LogP contribution is 2.44. The number of nitro groups is 1. The number of rotatable bonds is 7. The number of nitrogens with one attached hydrogen (secondary N) is 2. The average Bonchev–Trinajstić information content (AvgIpc) is 3.14. The average molecular weight is 457 g/mol. The van der Waals surface area contributed by atoms with E-state index in [2.05, 4.69) is 34.9 Å². The van der Waals surface area contributed by atoms with Crippen molar-refractivity contribution >= 4 is 29.5 Å². The van der Waals surface area contributed by atoms with Crippen molar-refractivity contribution in [1.29, 1.82) is 0 Å². The normalized spacial score (nSPS) is 12.1. The Morgan fingerprint density at radius 2 is 1.68 bits per heavy atom. The van der Waals surface area contributed by atoms with Crippen molar-refractivity contribution in [3.63, 3.8) is 0 Å². The Morgan fingerprint density at radius 3 is 2.29 bits per heavy atom. The molecule has 0 bridgehead atoms. The van der Waals surface area contributed by atoms with Crippen LogP contribution in [0.4, 0.5) is 16.2 Å². The van der Waals surface area contributed by atoms with E-state index in [1.54, 1.807) is 18.2 Å². The van der Waals surface area contributed by atoms with Crippen LogP contribution in [0.3, 0.4) is 0 Å². The fraction of sp³-hybridized carbons (Fsp3) is 0.154. The number of nitrogens with zero attached hydrogens (tertiary/aromatic N) is 1. The molecule has 0 saturated carbocycles. The molecule has 0 aromatic heterocycles. The van der Waals surface area contributed by atoms with Gasteiger partial charge in [0.1, 0.15) is 12.3 Å². The number of hydrogen-bond donors (Lipinski definition) is 2. The minimum atomic E-state index is -0.558. The minimum absolute atomic E-state index is 0.0173. The van der Waals surface area contributed by atoms with E-state index in [9.17, 15) is 19.7 Å². The molecule has 0 fully saturated rings. The third-order valence-corrected chi connectivity index (χ3v) is 5.55. The monoisotopic (exact) mass is 457 g/mol. The Balaban J connectivity index is 1.33. The summed E-state index contributed by atoms with van der Waals surface area (Å²) >= 11 is 0. The van der Waals surface area contributed by atoms with Gasteiger partial charge in [0.15, 0.2) is 0 Å². The quantitative estimate of drug-likeness (QED) is 0.379. The second kappa shape index (κ2) is 9.99. The number of alkyl carbamates (subject to hydrolysis) is 1. The van der Waals surface area contributed by atoms with E-state index in [-0.39, 0.29) is 30.4 Å². The zero-order valence-corrected chi connectivity index (χ0v) is 18.5. The van der Waals surface area contributed by atoms with Gasteiger partial charge in [-0.25, -0.2) is 4.79 Å². The summed E-state index contributed by atoms with van der Waals surface area (Å²) in [4.78, 5) is 34.1. The summed E-state index contributed by atoms with van der Waals surface area (Å²) in [6.45, 7) is 1.70. The number of fused-ring (bicyclic) bond motifs is 3. The van der Waals surface area contributed by atoms with Crippen molar-refractivity contribution in [2.75, 3.05) is 18.5 Å². The zero-order valence-electron chi connectivity index (χ0n) is 18.5. The molecule has 8 nitrogen and oxygen atoms in total. The molecule has 34 heavy (non-hydrogen) atoms. The first-order valence-corrected chi connectivity index (χ1v) is 10.8. The summed E-state index contributed by atoms with van der Waals surface area (Å²) in [5, 5.41) is 16.4. The van der Waals surface area contributed by atoms with E-state index < -0.39 is 16.9 Å². The van der Waals surface area contributed by atoms with Crippen molar-refractivity contribution in [2.45, 2.75) is 12.8 Å². The number of carbonyl (C=O) groups excluding carboxylic acids is 2. The van der Waals surface area contributed by atoms with Crippen molar-refractivity contribution < 1.29 is 19.2 Å². The molecule has 0 heterocycles. The number of ether oxygens (including phenoxy) is 1. The highest BCUT2D eigenvalue weighted by molar-refractivity contribution is 5.91.